The summed E-state index contributed by atoms with van der Waals surface area (Å²) in [5.41, 5.74) is 11.5. The largest absolute Gasteiger partial charge is 0.437 e. The van der Waals surface area contributed by atoms with Crippen molar-refractivity contribution in [2.24, 2.45) is 11.5 Å². The van der Waals surface area contributed by atoms with E-state index in [0.717, 1.165) is 24.3 Å². The lowest BCUT2D eigenvalue weighted by Gasteiger charge is -2.34. The van der Waals surface area contributed by atoms with Crippen molar-refractivity contribution in [3.63, 3.8) is 0 Å². The maximum atomic E-state index is 11.4. The summed E-state index contributed by atoms with van der Waals surface area (Å²) >= 11 is 1.55. The number of aromatic nitrogens is 1. The molecule has 0 saturated heterocycles. The molecule has 0 aromatic carbocycles. The van der Waals surface area contributed by atoms with E-state index in [1.165, 1.54) is 0 Å². The zero-order valence-corrected chi connectivity index (χ0v) is 11.5. The van der Waals surface area contributed by atoms with Crippen molar-refractivity contribution in [2.45, 2.75) is 55.5 Å². The summed E-state index contributed by atoms with van der Waals surface area (Å²) in [6.07, 6.45) is 3.18. The quantitative estimate of drug-likeness (QED) is 0.867. The molecule has 0 bridgehead atoms. The van der Waals surface area contributed by atoms with Gasteiger partial charge in [-0.05, 0) is 39.5 Å². The predicted octanol–water partition coefficient (Wildman–Crippen LogP) is 1.51. The number of nitrogens with zero attached hydrogens (tertiary/aromatic N) is 1. The van der Waals surface area contributed by atoms with Gasteiger partial charge in [0.05, 0.1) is 11.2 Å². The molecule has 18 heavy (non-hydrogen) atoms. The average Bonchev–Trinajstić information content (AvgIpc) is 2.57. The number of hydrogen-bond donors (Lipinski definition) is 2. The summed E-state index contributed by atoms with van der Waals surface area (Å²) in [5, 5.41) is 0.900. The van der Waals surface area contributed by atoms with Crippen molar-refractivity contribution in [3.05, 3.63) is 11.5 Å². The van der Waals surface area contributed by atoms with E-state index < -0.39 is 11.4 Å². The van der Waals surface area contributed by atoms with Gasteiger partial charge in [-0.3, -0.25) is 4.79 Å². The molecule has 1 heterocycles. The smallest absolute Gasteiger partial charge is 0.256 e. The number of carbonyl (C=O) groups is 1. The van der Waals surface area contributed by atoms with E-state index in [9.17, 15) is 4.79 Å². The first-order valence-electron chi connectivity index (χ1n) is 6.10. The van der Waals surface area contributed by atoms with Crippen LogP contribution in [0.3, 0.4) is 0 Å². The van der Waals surface area contributed by atoms with Crippen molar-refractivity contribution in [1.29, 1.82) is 0 Å². The Bertz CT molecular complexity index is 441. The van der Waals surface area contributed by atoms with Crippen LogP contribution in [0.5, 0.6) is 0 Å². The minimum Gasteiger partial charge on any atom is -0.437 e. The van der Waals surface area contributed by atoms with Gasteiger partial charge in [-0.1, -0.05) is 11.8 Å². The molecule has 1 aromatic rings. The highest BCUT2D eigenvalue weighted by Gasteiger charge is 2.38. The fourth-order valence-corrected chi connectivity index (χ4v) is 3.53. The molecule has 2 unspecified atom stereocenters. The zero-order valence-electron chi connectivity index (χ0n) is 10.7. The van der Waals surface area contributed by atoms with Crippen LogP contribution in [0, 0.1) is 13.8 Å². The third kappa shape index (κ3) is 2.70. The van der Waals surface area contributed by atoms with Gasteiger partial charge < -0.3 is 15.9 Å². The van der Waals surface area contributed by atoms with Gasteiger partial charge in [0.25, 0.3) is 5.22 Å². The number of hydrogen-bond acceptors (Lipinski definition) is 5. The molecule has 1 fully saturated rings. The van der Waals surface area contributed by atoms with E-state index in [1.807, 2.05) is 13.8 Å². The molecule has 0 radical (unpaired) electrons. The number of nitrogens with two attached hydrogens (primary N) is 2. The maximum Gasteiger partial charge on any atom is 0.256 e. The second kappa shape index (κ2) is 4.93. The van der Waals surface area contributed by atoms with Gasteiger partial charge in [0.15, 0.2) is 0 Å². The molecular weight excluding hydrogens is 250 g/mol. The summed E-state index contributed by atoms with van der Waals surface area (Å²) in [5.74, 6) is 0.426. The lowest BCUT2D eigenvalue weighted by atomic mass is 9.82. The first kappa shape index (κ1) is 13.4. The van der Waals surface area contributed by atoms with Crippen LogP contribution in [-0.2, 0) is 4.79 Å². The lowest BCUT2D eigenvalue weighted by Crippen LogP contribution is -2.55. The van der Waals surface area contributed by atoms with Crippen LogP contribution in [0.25, 0.3) is 0 Å². The molecule has 6 heteroatoms. The number of thioether (sulfide) groups is 1. The Morgan fingerprint density at radius 3 is 2.83 bits per heavy atom. The third-order valence-corrected chi connectivity index (χ3v) is 4.62. The molecule has 0 spiro atoms. The van der Waals surface area contributed by atoms with Crippen LogP contribution in [0.4, 0.5) is 0 Å². The Morgan fingerprint density at radius 2 is 2.28 bits per heavy atom. The van der Waals surface area contributed by atoms with Gasteiger partial charge in [0.2, 0.25) is 5.91 Å². The van der Waals surface area contributed by atoms with Gasteiger partial charge >= 0.3 is 0 Å². The van der Waals surface area contributed by atoms with Gasteiger partial charge in [-0.25, -0.2) is 4.98 Å². The first-order chi connectivity index (χ1) is 8.40. The monoisotopic (exact) mass is 269 g/mol. The number of rotatable bonds is 3. The van der Waals surface area contributed by atoms with Crippen molar-refractivity contribution in [3.8, 4) is 0 Å². The molecule has 2 rings (SSSR count). The summed E-state index contributed by atoms with van der Waals surface area (Å²) in [7, 11) is 0. The molecule has 100 valence electrons. The summed E-state index contributed by atoms with van der Waals surface area (Å²) in [6, 6.07) is 0. The van der Waals surface area contributed by atoms with Crippen LogP contribution in [-0.4, -0.2) is 21.7 Å². The van der Waals surface area contributed by atoms with E-state index >= 15 is 0 Å². The van der Waals surface area contributed by atoms with Crippen LogP contribution in [0.15, 0.2) is 9.64 Å². The predicted molar refractivity (Wildman–Crippen MR) is 70.2 cm³/mol. The molecule has 0 aliphatic heterocycles. The Morgan fingerprint density at radius 1 is 1.56 bits per heavy atom. The van der Waals surface area contributed by atoms with E-state index in [0.29, 0.717) is 18.1 Å². The molecule has 2 atom stereocenters. The van der Waals surface area contributed by atoms with E-state index in [2.05, 4.69) is 4.98 Å². The third-order valence-electron chi connectivity index (χ3n) is 3.51. The Labute approximate surface area is 111 Å². The van der Waals surface area contributed by atoms with Gasteiger partial charge in [0, 0.05) is 5.25 Å². The van der Waals surface area contributed by atoms with Crippen molar-refractivity contribution >= 4 is 17.7 Å². The number of carbonyl (C=O) groups excluding carboxylic acids is 1. The van der Waals surface area contributed by atoms with Gasteiger partial charge in [-0.2, -0.15) is 0 Å². The molecule has 1 aliphatic carbocycles. The highest BCUT2D eigenvalue weighted by Crippen LogP contribution is 2.37. The molecule has 5 nitrogen and oxygen atoms in total. The van der Waals surface area contributed by atoms with Crippen molar-refractivity contribution < 1.29 is 9.21 Å². The molecule has 1 aliphatic rings. The van der Waals surface area contributed by atoms with Gasteiger partial charge in [-0.15, -0.1) is 0 Å². The summed E-state index contributed by atoms with van der Waals surface area (Å²) in [4.78, 5) is 15.7. The van der Waals surface area contributed by atoms with E-state index in [4.69, 9.17) is 15.9 Å². The van der Waals surface area contributed by atoms with Gasteiger partial charge in [0.1, 0.15) is 5.76 Å². The molecule has 1 aromatic heterocycles. The number of aryl methyl sites for hydroxylation is 2. The Balaban J connectivity index is 2.04. The van der Waals surface area contributed by atoms with Crippen molar-refractivity contribution in [1.82, 2.24) is 4.98 Å². The Kier molecular flexibility index (Phi) is 3.68. The molecule has 4 N–H and O–H groups in total. The first-order valence-corrected chi connectivity index (χ1v) is 6.98. The average molecular weight is 269 g/mol. The molecule has 1 amide bonds. The standard InChI is InChI=1S/C12H19N3O2S/c1-7-8(2)17-11(15-7)18-9-4-3-5-12(14,6-9)10(13)16/h9H,3-6,14H2,1-2H3,(H2,13,16). The highest BCUT2D eigenvalue weighted by atomic mass is 32.2. The SMILES string of the molecule is Cc1nc(SC2CCCC(N)(C(N)=O)C2)oc1C. The number of amides is 1. The van der Waals surface area contributed by atoms with Crippen LogP contribution in [0.2, 0.25) is 0 Å². The minimum atomic E-state index is -0.868. The Hall–Kier alpha value is -1.01. The number of primary amides is 1. The second-order valence-corrected chi connectivity index (χ2v) is 6.23. The maximum absolute atomic E-state index is 11.4. The van der Waals surface area contributed by atoms with Crippen LogP contribution in [0.1, 0.15) is 37.1 Å². The normalized spacial score (nSPS) is 28.3. The number of oxazole rings is 1. The van der Waals surface area contributed by atoms with E-state index in [-0.39, 0.29) is 5.25 Å². The fraction of sp³-hybridized carbons (Fsp3) is 0.667. The van der Waals surface area contributed by atoms with E-state index in [1.54, 1.807) is 11.8 Å². The molecule has 1 saturated carbocycles. The fourth-order valence-electron chi connectivity index (χ4n) is 2.22. The second-order valence-electron chi connectivity index (χ2n) is 4.98. The van der Waals surface area contributed by atoms with Crippen LogP contribution >= 0.6 is 11.8 Å². The summed E-state index contributed by atoms with van der Waals surface area (Å²) in [6.45, 7) is 3.81. The minimum absolute atomic E-state index is 0.244. The highest BCUT2D eigenvalue weighted by molar-refractivity contribution is 7.99. The lowest BCUT2D eigenvalue weighted by molar-refractivity contribution is -0.124. The van der Waals surface area contributed by atoms with Crippen LogP contribution < -0.4 is 11.5 Å². The summed E-state index contributed by atoms with van der Waals surface area (Å²) < 4.78 is 5.54. The zero-order chi connectivity index (χ0) is 13.3. The topological polar surface area (TPSA) is 95.1 Å². The molecular formula is C12H19N3O2S. The van der Waals surface area contributed by atoms with Crippen molar-refractivity contribution in [2.75, 3.05) is 0 Å².